The number of para-hydroxylation sites is 1. The van der Waals surface area contributed by atoms with Crippen molar-refractivity contribution in [2.45, 2.75) is 11.8 Å². The van der Waals surface area contributed by atoms with Crippen molar-refractivity contribution in [1.82, 2.24) is 0 Å². The number of alkyl halides is 1. The van der Waals surface area contributed by atoms with Crippen LogP contribution in [-0.4, -0.2) is 11.2 Å². The number of halogens is 1. The standard InChI is InChI=1S/C11H11ClN2/c12-10-7-4-8-13-11(10)14-9-5-2-1-3-6-9/h1-6,8,10H,7H2,(H,13,14). The number of rotatable bonds is 1. The molecule has 3 heteroatoms. The van der Waals surface area contributed by atoms with Gasteiger partial charge in [-0.05, 0) is 18.6 Å². The van der Waals surface area contributed by atoms with Crippen LogP contribution in [0.3, 0.4) is 0 Å². The van der Waals surface area contributed by atoms with Gasteiger partial charge >= 0.3 is 0 Å². The first-order valence-corrected chi connectivity index (χ1v) is 4.99. The van der Waals surface area contributed by atoms with Crippen molar-refractivity contribution in [3.63, 3.8) is 0 Å². The van der Waals surface area contributed by atoms with Gasteiger partial charge in [-0.1, -0.05) is 24.3 Å². The Morgan fingerprint density at radius 2 is 2.07 bits per heavy atom. The van der Waals surface area contributed by atoms with Crippen molar-refractivity contribution in [2.75, 3.05) is 5.32 Å². The third-order valence-electron chi connectivity index (χ3n) is 2.00. The molecule has 1 unspecified atom stereocenters. The second-order valence-corrected chi connectivity index (χ2v) is 3.62. The van der Waals surface area contributed by atoms with Crippen molar-refractivity contribution >= 4 is 23.1 Å². The fourth-order valence-electron chi connectivity index (χ4n) is 1.29. The molecule has 0 aliphatic carbocycles. The van der Waals surface area contributed by atoms with E-state index in [2.05, 4.69) is 10.3 Å². The summed E-state index contributed by atoms with van der Waals surface area (Å²) in [5.74, 6) is 0.820. The number of amidine groups is 1. The maximum atomic E-state index is 6.09. The molecule has 1 aliphatic heterocycles. The van der Waals surface area contributed by atoms with E-state index >= 15 is 0 Å². The molecule has 1 N–H and O–H groups in total. The zero-order valence-corrected chi connectivity index (χ0v) is 8.41. The van der Waals surface area contributed by atoms with Gasteiger partial charge in [0.15, 0.2) is 0 Å². The molecule has 0 amide bonds. The van der Waals surface area contributed by atoms with Gasteiger partial charge < -0.3 is 5.32 Å². The Kier molecular flexibility index (Phi) is 2.84. The molecule has 0 saturated heterocycles. The molecule has 0 saturated carbocycles. The van der Waals surface area contributed by atoms with Gasteiger partial charge in [0.05, 0.1) is 5.38 Å². The first-order valence-electron chi connectivity index (χ1n) is 4.55. The predicted molar refractivity (Wildman–Crippen MR) is 60.9 cm³/mol. The predicted octanol–water partition coefficient (Wildman–Crippen LogP) is 3.02. The van der Waals surface area contributed by atoms with Gasteiger partial charge in [0, 0.05) is 11.9 Å². The van der Waals surface area contributed by atoms with Gasteiger partial charge in [-0.2, -0.15) is 0 Å². The summed E-state index contributed by atoms with van der Waals surface area (Å²) in [6.45, 7) is 0. The second-order valence-electron chi connectivity index (χ2n) is 3.09. The molecular weight excluding hydrogens is 196 g/mol. The lowest BCUT2D eigenvalue weighted by Crippen LogP contribution is -2.24. The lowest BCUT2D eigenvalue weighted by atomic mass is 10.2. The smallest absolute Gasteiger partial charge is 0.124 e. The van der Waals surface area contributed by atoms with Crippen LogP contribution < -0.4 is 5.32 Å². The van der Waals surface area contributed by atoms with Crippen molar-refractivity contribution < 1.29 is 0 Å². The van der Waals surface area contributed by atoms with E-state index in [9.17, 15) is 0 Å². The number of anilines is 1. The summed E-state index contributed by atoms with van der Waals surface area (Å²) in [5, 5.41) is 3.16. The number of benzene rings is 1. The average molecular weight is 207 g/mol. The summed E-state index contributed by atoms with van der Waals surface area (Å²) >= 11 is 6.09. The number of hydrogen-bond acceptors (Lipinski definition) is 2. The molecule has 0 spiro atoms. The van der Waals surface area contributed by atoms with E-state index in [0.29, 0.717) is 0 Å². The average Bonchev–Trinajstić information content (AvgIpc) is 2.23. The first-order chi connectivity index (χ1) is 6.86. The van der Waals surface area contributed by atoms with E-state index in [1.165, 1.54) is 0 Å². The van der Waals surface area contributed by atoms with Crippen molar-refractivity contribution in [3.05, 3.63) is 42.6 Å². The summed E-state index contributed by atoms with van der Waals surface area (Å²) in [7, 11) is 0. The maximum Gasteiger partial charge on any atom is 0.124 e. The first kappa shape index (κ1) is 9.28. The van der Waals surface area contributed by atoms with Gasteiger partial charge in [-0.25, -0.2) is 4.99 Å². The molecule has 72 valence electrons. The van der Waals surface area contributed by atoms with Crippen LogP contribution in [0.25, 0.3) is 0 Å². The molecule has 1 aliphatic rings. The fourth-order valence-corrected chi connectivity index (χ4v) is 1.50. The highest BCUT2D eigenvalue weighted by molar-refractivity contribution is 6.34. The summed E-state index contributed by atoms with van der Waals surface area (Å²) in [6.07, 6.45) is 4.58. The summed E-state index contributed by atoms with van der Waals surface area (Å²) in [6, 6.07) is 9.91. The minimum atomic E-state index is -0.0415. The van der Waals surface area contributed by atoms with Crippen LogP contribution in [0.2, 0.25) is 0 Å². The van der Waals surface area contributed by atoms with Gasteiger partial charge in [-0.3, -0.25) is 0 Å². The fraction of sp³-hybridized carbons (Fsp3) is 0.182. The van der Waals surface area contributed by atoms with E-state index in [-0.39, 0.29) is 5.38 Å². The quantitative estimate of drug-likeness (QED) is 0.702. The Balaban J connectivity index is 2.11. The maximum absolute atomic E-state index is 6.09. The molecule has 1 atom stereocenters. The highest BCUT2D eigenvalue weighted by atomic mass is 35.5. The Morgan fingerprint density at radius 1 is 1.29 bits per heavy atom. The van der Waals surface area contributed by atoms with Crippen LogP contribution in [0.15, 0.2) is 47.6 Å². The van der Waals surface area contributed by atoms with Gasteiger partial charge in [0.2, 0.25) is 0 Å². The summed E-state index contributed by atoms with van der Waals surface area (Å²) < 4.78 is 0. The Hall–Kier alpha value is -1.28. The lowest BCUT2D eigenvalue weighted by Gasteiger charge is -2.15. The summed E-state index contributed by atoms with van der Waals surface area (Å²) in [4.78, 5) is 4.20. The molecule has 1 heterocycles. The van der Waals surface area contributed by atoms with Crippen LogP contribution in [0.5, 0.6) is 0 Å². The van der Waals surface area contributed by atoms with Crippen LogP contribution in [0, 0.1) is 0 Å². The largest absolute Gasteiger partial charge is 0.343 e. The Bertz CT molecular complexity index is 357. The third-order valence-corrected chi connectivity index (χ3v) is 2.39. The Morgan fingerprint density at radius 3 is 2.79 bits per heavy atom. The molecule has 14 heavy (non-hydrogen) atoms. The molecule has 0 bridgehead atoms. The van der Waals surface area contributed by atoms with E-state index in [1.54, 1.807) is 6.20 Å². The van der Waals surface area contributed by atoms with Crippen molar-refractivity contribution in [3.8, 4) is 0 Å². The van der Waals surface area contributed by atoms with E-state index in [1.807, 2.05) is 36.4 Å². The zero-order chi connectivity index (χ0) is 9.80. The second kappa shape index (κ2) is 4.29. The SMILES string of the molecule is ClC1CC=CN=C1Nc1ccccc1. The minimum Gasteiger partial charge on any atom is -0.343 e. The molecule has 2 nitrogen and oxygen atoms in total. The Labute approximate surface area is 88.3 Å². The van der Waals surface area contributed by atoms with Crippen LogP contribution >= 0.6 is 11.6 Å². The molecule has 0 aromatic heterocycles. The normalized spacial score (nSPS) is 20.4. The van der Waals surface area contributed by atoms with Crippen LogP contribution in [0.4, 0.5) is 5.69 Å². The number of nitrogens with zero attached hydrogens (tertiary/aromatic N) is 1. The topological polar surface area (TPSA) is 24.4 Å². The zero-order valence-electron chi connectivity index (χ0n) is 7.65. The highest BCUT2D eigenvalue weighted by Crippen LogP contribution is 2.14. The number of allylic oxidation sites excluding steroid dienone is 1. The molecule has 1 aromatic carbocycles. The van der Waals surface area contributed by atoms with Gasteiger partial charge in [0.25, 0.3) is 0 Å². The van der Waals surface area contributed by atoms with Gasteiger partial charge in [0.1, 0.15) is 5.84 Å². The molecule has 2 rings (SSSR count). The molecule has 0 radical (unpaired) electrons. The van der Waals surface area contributed by atoms with Crippen LogP contribution in [-0.2, 0) is 0 Å². The monoisotopic (exact) mass is 206 g/mol. The lowest BCUT2D eigenvalue weighted by molar-refractivity contribution is 1.06. The van der Waals surface area contributed by atoms with Crippen molar-refractivity contribution in [1.29, 1.82) is 0 Å². The van der Waals surface area contributed by atoms with Crippen molar-refractivity contribution in [2.24, 2.45) is 4.99 Å². The van der Waals surface area contributed by atoms with E-state index in [0.717, 1.165) is 17.9 Å². The third kappa shape index (κ3) is 2.15. The van der Waals surface area contributed by atoms with E-state index in [4.69, 9.17) is 11.6 Å². The number of hydrogen-bond donors (Lipinski definition) is 1. The molecular formula is C11H11ClN2. The van der Waals surface area contributed by atoms with E-state index < -0.39 is 0 Å². The summed E-state index contributed by atoms with van der Waals surface area (Å²) in [5.41, 5.74) is 1.02. The van der Waals surface area contributed by atoms with Crippen LogP contribution in [0.1, 0.15) is 6.42 Å². The molecule has 0 fully saturated rings. The highest BCUT2D eigenvalue weighted by Gasteiger charge is 2.13. The number of aliphatic imine (C=N–C) groups is 1. The number of nitrogens with one attached hydrogen (secondary N) is 1. The van der Waals surface area contributed by atoms with Gasteiger partial charge in [-0.15, -0.1) is 11.6 Å². The molecule has 1 aromatic rings. The minimum absolute atomic E-state index is 0.0415.